The van der Waals surface area contributed by atoms with Gasteiger partial charge in [-0.25, -0.2) is 4.98 Å². The molecule has 0 aliphatic heterocycles. The van der Waals surface area contributed by atoms with E-state index in [1.165, 1.54) is 34.5 Å². The lowest BCUT2D eigenvalue weighted by Crippen LogP contribution is -1.97. The summed E-state index contributed by atoms with van der Waals surface area (Å²) in [6.07, 6.45) is 0. The van der Waals surface area contributed by atoms with Crippen molar-refractivity contribution in [2.45, 2.75) is 0 Å². The van der Waals surface area contributed by atoms with E-state index < -0.39 is 4.92 Å². The molecule has 0 fully saturated rings. The molecule has 3 aromatic carbocycles. The molecular weight excluding hydrogens is 416 g/mol. The number of para-hydroxylation sites is 1. The highest BCUT2D eigenvalue weighted by atomic mass is 16.6. The van der Waals surface area contributed by atoms with Gasteiger partial charge in [0.05, 0.1) is 38.9 Å². The molecule has 0 saturated carbocycles. The van der Waals surface area contributed by atoms with Gasteiger partial charge in [-0.2, -0.15) is 0 Å². The number of aromatic nitrogens is 1. The lowest BCUT2D eigenvalue weighted by atomic mass is 10.0. The number of hydrogen-bond donors (Lipinski definition) is 0. The average molecular weight is 435 g/mol. The Hall–Kier alpha value is -4.27. The van der Waals surface area contributed by atoms with E-state index in [9.17, 15) is 10.1 Å². The number of fused-ring (bicyclic) bond motifs is 1. The quantitative estimate of drug-likeness (QED) is 0.298. The first kappa shape index (κ1) is 21.0. The summed E-state index contributed by atoms with van der Waals surface area (Å²) in [7, 11) is 5.91. The van der Waals surface area contributed by atoms with Crippen molar-refractivity contribution >= 4 is 16.8 Å². The lowest BCUT2D eigenvalue weighted by Gasteiger charge is -2.13. The normalized spacial score (nSPS) is 10.8. The Bertz CT molecular complexity index is 1310. The number of nitro groups is 1. The van der Waals surface area contributed by atoms with Crippen LogP contribution in [0.5, 0.6) is 23.0 Å². The zero-order chi connectivity index (χ0) is 22.8. The van der Waals surface area contributed by atoms with Crippen molar-refractivity contribution < 1.29 is 28.3 Å². The Morgan fingerprint density at radius 2 is 1.72 bits per heavy atom. The number of nitro benzene ring substituents is 1. The SMILES string of the molecule is COc1ccc(-c2cccc3nc(-c4[c]cc(OC)c(OC)c4OC)oc23)cc1[N+](=O)[O-]. The van der Waals surface area contributed by atoms with Gasteiger partial charge in [0.2, 0.25) is 11.6 Å². The number of methoxy groups -OCH3 is 4. The Balaban J connectivity index is 1.90. The first-order valence-corrected chi connectivity index (χ1v) is 9.45. The van der Waals surface area contributed by atoms with E-state index in [1.807, 2.05) is 0 Å². The van der Waals surface area contributed by atoms with Crippen LogP contribution in [-0.4, -0.2) is 38.3 Å². The van der Waals surface area contributed by atoms with Gasteiger partial charge in [0.15, 0.2) is 22.8 Å². The summed E-state index contributed by atoms with van der Waals surface area (Å²) in [5.74, 6) is 1.63. The van der Waals surface area contributed by atoms with Crippen molar-refractivity contribution in [3.8, 4) is 45.6 Å². The van der Waals surface area contributed by atoms with Crippen LogP contribution in [0.3, 0.4) is 0 Å². The minimum absolute atomic E-state index is 0.142. The molecule has 1 aromatic heterocycles. The van der Waals surface area contributed by atoms with Crippen LogP contribution < -0.4 is 18.9 Å². The summed E-state index contributed by atoms with van der Waals surface area (Å²) in [5, 5.41) is 11.4. The Morgan fingerprint density at radius 1 is 0.969 bits per heavy atom. The second-order valence-electron chi connectivity index (χ2n) is 6.62. The predicted octanol–water partition coefficient (Wildman–Crippen LogP) is 4.90. The summed E-state index contributed by atoms with van der Waals surface area (Å²) in [4.78, 5) is 15.5. The number of oxazole rings is 1. The van der Waals surface area contributed by atoms with E-state index in [0.29, 0.717) is 45.0 Å². The minimum Gasteiger partial charge on any atom is -0.493 e. The Labute approximate surface area is 183 Å². The molecule has 0 saturated heterocycles. The van der Waals surface area contributed by atoms with Crippen LogP contribution in [0.1, 0.15) is 0 Å². The zero-order valence-electron chi connectivity index (χ0n) is 17.8. The van der Waals surface area contributed by atoms with Crippen molar-refractivity contribution in [1.82, 2.24) is 4.98 Å². The molecule has 0 unspecified atom stereocenters. The molecule has 4 rings (SSSR count). The summed E-state index contributed by atoms with van der Waals surface area (Å²) >= 11 is 0. The Kier molecular flexibility index (Phi) is 5.55. The predicted molar refractivity (Wildman–Crippen MR) is 117 cm³/mol. The van der Waals surface area contributed by atoms with Gasteiger partial charge in [0.1, 0.15) is 5.52 Å². The molecule has 0 amide bonds. The highest BCUT2D eigenvalue weighted by Gasteiger charge is 2.23. The fourth-order valence-corrected chi connectivity index (χ4v) is 3.48. The van der Waals surface area contributed by atoms with E-state index in [4.69, 9.17) is 23.4 Å². The van der Waals surface area contributed by atoms with Crippen molar-refractivity contribution in [1.29, 1.82) is 0 Å². The van der Waals surface area contributed by atoms with Crippen LogP contribution in [0.15, 0.2) is 46.9 Å². The molecule has 9 nitrogen and oxygen atoms in total. The molecule has 1 radical (unpaired) electrons. The maximum atomic E-state index is 11.4. The van der Waals surface area contributed by atoms with Gasteiger partial charge in [-0.3, -0.25) is 10.1 Å². The van der Waals surface area contributed by atoms with E-state index in [2.05, 4.69) is 11.1 Å². The summed E-state index contributed by atoms with van der Waals surface area (Å²) in [6, 6.07) is 14.8. The van der Waals surface area contributed by atoms with E-state index in [0.717, 1.165) is 0 Å². The van der Waals surface area contributed by atoms with Gasteiger partial charge in [-0.15, -0.1) is 0 Å². The fraction of sp³-hybridized carbons (Fsp3) is 0.174. The zero-order valence-corrected chi connectivity index (χ0v) is 17.8. The van der Waals surface area contributed by atoms with Crippen LogP contribution >= 0.6 is 0 Å². The first-order valence-electron chi connectivity index (χ1n) is 9.45. The maximum Gasteiger partial charge on any atom is 0.311 e. The standard InChI is InChI=1S/C23H19N2O7/c1-28-18-10-8-13(12-17(18)25(26)27)14-6-5-7-16-20(14)32-23(24-16)15-9-11-19(29-2)22(31-4)21(15)30-3/h5-8,10-12H,1-4H3. The van der Waals surface area contributed by atoms with Crippen molar-refractivity contribution in [2.24, 2.45) is 0 Å². The molecule has 163 valence electrons. The third-order valence-corrected chi connectivity index (χ3v) is 4.95. The van der Waals surface area contributed by atoms with E-state index in [1.54, 1.807) is 36.4 Å². The maximum absolute atomic E-state index is 11.4. The van der Waals surface area contributed by atoms with Gasteiger partial charge < -0.3 is 23.4 Å². The third kappa shape index (κ3) is 3.43. The highest BCUT2D eigenvalue weighted by Crippen LogP contribution is 2.45. The highest BCUT2D eigenvalue weighted by molar-refractivity contribution is 5.92. The van der Waals surface area contributed by atoms with Crippen molar-refractivity contribution in [2.75, 3.05) is 28.4 Å². The summed E-state index contributed by atoms with van der Waals surface area (Å²) in [6.45, 7) is 0. The molecule has 4 aromatic rings. The van der Waals surface area contributed by atoms with Gasteiger partial charge >= 0.3 is 5.69 Å². The molecule has 0 spiro atoms. The molecule has 9 heteroatoms. The van der Waals surface area contributed by atoms with Crippen LogP contribution in [0.4, 0.5) is 5.69 Å². The second kappa shape index (κ2) is 8.46. The van der Waals surface area contributed by atoms with Crippen LogP contribution in [0.2, 0.25) is 0 Å². The fourth-order valence-electron chi connectivity index (χ4n) is 3.48. The topological polar surface area (TPSA) is 106 Å². The lowest BCUT2D eigenvalue weighted by molar-refractivity contribution is -0.385. The molecular formula is C23H19N2O7. The molecule has 0 N–H and O–H groups in total. The van der Waals surface area contributed by atoms with Crippen LogP contribution in [-0.2, 0) is 0 Å². The van der Waals surface area contributed by atoms with Crippen molar-refractivity contribution in [3.05, 3.63) is 58.6 Å². The monoisotopic (exact) mass is 435 g/mol. The summed E-state index contributed by atoms with van der Waals surface area (Å²) in [5.41, 5.74) is 2.58. The number of ether oxygens (including phenoxy) is 4. The largest absolute Gasteiger partial charge is 0.493 e. The Morgan fingerprint density at radius 3 is 2.38 bits per heavy atom. The second-order valence-corrected chi connectivity index (χ2v) is 6.62. The third-order valence-electron chi connectivity index (χ3n) is 4.95. The van der Waals surface area contributed by atoms with E-state index in [-0.39, 0.29) is 17.3 Å². The average Bonchev–Trinajstić information content (AvgIpc) is 3.26. The van der Waals surface area contributed by atoms with Crippen LogP contribution in [0.25, 0.3) is 33.7 Å². The van der Waals surface area contributed by atoms with E-state index >= 15 is 0 Å². The smallest absolute Gasteiger partial charge is 0.311 e. The molecule has 1 heterocycles. The molecule has 0 aliphatic rings. The van der Waals surface area contributed by atoms with Crippen molar-refractivity contribution in [3.63, 3.8) is 0 Å². The van der Waals surface area contributed by atoms with Gasteiger partial charge in [0, 0.05) is 17.7 Å². The number of nitrogens with zero attached hydrogens (tertiary/aromatic N) is 2. The van der Waals surface area contributed by atoms with Gasteiger partial charge in [0.25, 0.3) is 0 Å². The molecule has 0 bridgehead atoms. The molecule has 0 aliphatic carbocycles. The minimum atomic E-state index is -0.488. The number of benzene rings is 3. The summed E-state index contributed by atoms with van der Waals surface area (Å²) < 4.78 is 27.4. The number of hydrogen-bond acceptors (Lipinski definition) is 8. The first-order chi connectivity index (χ1) is 15.5. The van der Waals surface area contributed by atoms with Gasteiger partial charge in [-0.05, 0) is 23.8 Å². The molecule has 32 heavy (non-hydrogen) atoms. The molecule has 0 atom stereocenters. The van der Waals surface area contributed by atoms with Crippen LogP contribution in [0, 0.1) is 16.2 Å². The van der Waals surface area contributed by atoms with Gasteiger partial charge in [-0.1, -0.05) is 18.2 Å². The number of rotatable bonds is 7.